The van der Waals surface area contributed by atoms with Gasteiger partial charge in [0, 0.05) is 29.3 Å². The molecule has 0 aliphatic heterocycles. The SMILES string of the molecule is O=C(Nc1ccc(C(=O)NC2CCCCC2)cc1)c1ccc(OCCc2ccccc2)cc1. The van der Waals surface area contributed by atoms with Crippen molar-refractivity contribution in [2.75, 3.05) is 11.9 Å². The van der Waals surface area contributed by atoms with Crippen molar-refractivity contribution in [3.63, 3.8) is 0 Å². The molecule has 0 unspecified atom stereocenters. The summed E-state index contributed by atoms with van der Waals surface area (Å²) in [5.74, 6) is 0.476. The number of nitrogens with one attached hydrogen (secondary N) is 2. The predicted octanol–water partition coefficient (Wildman–Crippen LogP) is 5.62. The molecule has 0 atom stereocenters. The lowest BCUT2D eigenvalue weighted by atomic mass is 9.95. The molecule has 0 spiro atoms. The molecule has 33 heavy (non-hydrogen) atoms. The second-order valence-corrected chi connectivity index (χ2v) is 8.45. The van der Waals surface area contributed by atoms with E-state index in [0.29, 0.717) is 23.4 Å². The van der Waals surface area contributed by atoms with Crippen molar-refractivity contribution in [2.24, 2.45) is 0 Å². The first-order valence-corrected chi connectivity index (χ1v) is 11.7. The number of ether oxygens (including phenoxy) is 1. The van der Waals surface area contributed by atoms with Crippen LogP contribution in [0, 0.1) is 0 Å². The van der Waals surface area contributed by atoms with Crippen LogP contribution in [0.15, 0.2) is 78.9 Å². The number of carbonyl (C=O) groups excluding carboxylic acids is 2. The molecule has 0 radical (unpaired) electrons. The Bertz CT molecular complexity index is 1040. The lowest BCUT2D eigenvalue weighted by Crippen LogP contribution is -2.36. The van der Waals surface area contributed by atoms with E-state index in [0.717, 1.165) is 25.0 Å². The van der Waals surface area contributed by atoms with Crippen molar-refractivity contribution in [1.82, 2.24) is 5.32 Å². The summed E-state index contributed by atoms with van der Waals surface area (Å²) in [6.07, 6.45) is 6.55. The first-order valence-electron chi connectivity index (χ1n) is 11.7. The zero-order chi connectivity index (χ0) is 22.9. The molecule has 1 saturated carbocycles. The van der Waals surface area contributed by atoms with Crippen LogP contribution in [-0.4, -0.2) is 24.5 Å². The van der Waals surface area contributed by atoms with Gasteiger partial charge in [0.2, 0.25) is 0 Å². The predicted molar refractivity (Wildman–Crippen MR) is 131 cm³/mol. The Balaban J connectivity index is 1.25. The molecule has 3 aromatic rings. The third-order valence-electron chi connectivity index (χ3n) is 5.96. The Hall–Kier alpha value is -3.60. The lowest BCUT2D eigenvalue weighted by Gasteiger charge is -2.22. The third kappa shape index (κ3) is 6.69. The Morgan fingerprint density at radius 3 is 2.09 bits per heavy atom. The Morgan fingerprint density at radius 2 is 1.39 bits per heavy atom. The molecule has 5 heteroatoms. The van der Waals surface area contributed by atoms with Gasteiger partial charge in [0.05, 0.1) is 6.61 Å². The summed E-state index contributed by atoms with van der Waals surface area (Å²) in [4.78, 5) is 25.0. The van der Waals surface area contributed by atoms with Crippen LogP contribution in [0.2, 0.25) is 0 Å². The maximum Gasteiger partial charge on any atom is 0.255 e. The number of hydrogen-bond donors (Lipinski definition) is 2. The van der Waals surface area contributed by atoms with E-state index in [2.05, 4.69) is 22.8 Å². The van der Waals surface area contributed by atoms with E-state index >= 15 is 0 Å². The molecule has 0 saturated heterocycles. The van der Waals surface area contributed by atoms with Gasteiger partial charge in [-0.1, -0.05) is 49.6 Å². The van der Waals surface area contributed by atoms with E-state index in [1.165, 1.54) is 24.8 Å². The minimum Gasteiger partial charge on any atom is -0.493 e. The number of anilines is 1. The van der Waals surface area contributed by atoms with Crippen LogP contribution < -0.4 is 15.4 Å². The average molecular weight is 443 g/mol. The molecule has 0 aromatic heterocycles. The van der Waals surface area contributed by atoms with Crippen LogP contribution >= 0.6 is 0 Å². The van der Waals surface area contributed by atoms with Gasteiger partial charge < -0.3 is 15.4 Å². The molecule has 170 valence electrons. The van der Waals surface area contributed by atoms with Crippen molar-refractivity contribution >= 4 is 17.5 Å². The molecule has 2 N–H and O–H groups in total. The van der Waals surface area contributed by atoms with Crippen molar-refractivity contribution in [1.29, 1.82) is 0 Å². The summed E-state index contributed by atoms with van der Waals surface area (Å²) in [6.45, 7) is 0.580. The molecule has 2 amide bonds. The van der Waals surface area contributed by atoms with Gasteiger partial charge in [-0.3, -0.25) is 9.59 Å². The van der Waals surface area contributed by atoms with Gasteiger partial charge in [-0.05, 0) is 66.9 Å². The normalized spacial score (nSPS) is 13.8. The smallest absolute Gasteiger partial charge is 0.255 e. The number of amides is 2. The molecule has 0 heterocycles. The maximum atomic E-state index is 12.6. The van der Waals surface area contributed by atoms with Crippen molar-refractivity contribution in [3.8, 4) is 5.75 Å². The minimum atomic E-state index is -0.203. The van der Waals surface area contributed by atoms with Crippen molar-refractivity contribution in [3.05, 3.63) is 95.6 Å². The first-order chi connectivity index (χ1) is 16.2. The standard InChI is InChI=1S/C28H30N2O3/c31-27(29-24-9-5-2-6-10-24)22-11-15-25(16-12-22)30-28(32)23-13-17-26(18-14-23)33-20-19-21-7-3-1-4-8-21/h1,3-4,7-8,11-18,24H,2,5-6,9-10,19-20H2,(H,29,31)(H,30,32). The quantitative estimate of drug-likeness (QED) is 0.476. The van der Waals surface area contributed by atoms with Gasteiger partial charge in [0.25, 0.3) is 11.8 Å². The fourth-order valence-corrected chi connectivity index (χ4v) is 4.06. The van der Waals surface area contributed by atoms with Crippen molar-refractivity contribution in [2.45, 2.75) is 44.6 Å². The number of hydrogen-bond acceptors (Lipinski definition) is 3. The van der Waals surface area contributed by atoms with E-state index in [9.17, 15) is 9.59 Å². The van der Waals surface area contributed by atoms with Gasteiger partial charge in [-0.2, -0.15) is 0 Å². The molecule has 5 nitrogen and oxygen atoms in total. The Labute approximate surface area is 195 Å². The lowest BCUT2D eigenvalue weighted by molar-refractivity contribution is 0.0927. The van der Waals surface area contributed by atoms with Gasteiger partial charge >= 0.3 is 0 Å². The van der Waals surface area contributed by atoms with E-state index in [1.54, 1.807) is 48.5 Å². The second kappa shape index (κ2) is 11.3. The molecule has 1 fully saturated rings. The zero-order valence-corrected chi connectivity index (χ0v) is 18.8. The Morgan fingerprint density at radius 1 is 0.758 bits per heavy atom. The summed E-state index contributed by atoms with van der Waals surface area (Å²) >= 11 is 0. The largest absolute Gasteiger partial charge is 0.493 e. The molecular weight excluding hydrogens is 412 g/mol. The summed E-state index contributed by atoms with van der Waals surface area (Å²) in [6, 6.07) is 24.6. The monoisotopic (exact) mass is 442 g/mol. The second-order valence-electron chi connectivity index (χ2n) is 8.45. The van der Waals surface area contributed by atoms with Crippen LogP contribution in [0.3, 0.4) is 0 Å². The molecule has 3 aromatic carbocycles. The summed E-state index contributed by atoms with van der Waals surface area (Å²) in [5.41, 5.74) is 3.03. The maximum absolute atomic E-state index is 12.6. The fourth-order valence-electron chi connectivity index (χ4n) is 4.06. The van der Waals surface area contributed by atoms with Crippen LogP contribution in [-0.2, 0) is 6.42 Å². The highest BCUT2D eigenvalue weighted by atomic mass is 16.5. The van der Waals surface area contributed by atoms with Crippen LogP contribution in [0.25, 0.3) is 0 Å². The summed E-state index contributed by atoms with van der Waals surface area (Å²) in [5, 5.41) is 5.99. The van der Waals surface area contributed by atoms with Crippen molar-refractivity contribution < 1.29 is 14.3 Å². The molecule has 1 aliphatic carbocycles. The molecule has 1 aliphatic rings. The van der Waals surface area contributed by atoms with Gasteiger partial charge in [-0.25, -0.2) is 0 Å². The Kier molecular flexibility index (Phi) is 7.75. The zero-order valence-electron chi connectivity index (χ0n) is 18.8. The van der Waals surface area contributed by atoms with Gasteiger partial charge in [0.15, 0.2) is 0 Å². The molecule has 0 bridgehead atoms. The van der Waals surface area contributed by atoms with E-state index < -0.39 is 0 Å². The third-order valence-corrected chi connectivity index (χ3v) is 5.96. The van der Waals surface area contributed by atoms with E-state index in [4.69, 9.17) is 4.74 Å². The van der Waals surface area contributed by atoms with Crippen LogP contribution in [0.4, 0.5) is 5.69 Å². The molecule has 4 rings (SSSR count). The summed E-state index contributed by atoms with van der Waals surface area (Å²) in [7, 11) is 0. The number of rotatable bonds is 8. The summed E-state index contributed by atoms with van der Waals surface area (Å²) < 4.78 is 5.78. The topological polar surface area (TPSA) is 67.4 Å². The first kappa shape index (κ1) is 22.6. The highest BCUT2D eigenvalue weighted by Gasteiger charge is 2.16. The van der Waals surface area contributed by atoms with Crippen LogP contribution in [0.1, 0.15) is 58.4 Å². The highest BCUT2D eigenvalue weighted by molar-refractivity contribution is 6.04. The van der Waals surface area contributed by atoms with E-state index in [-0.39, 0.29) is 17.9 Å². The number of benzene rings is 3. The minimum absolute atomic E-state index is 0.0531. The average Bonchev–Trinajstić information content (AvgIpc) is 2.86. The van der Waals surface area contributed by atoms with E-state index in [1.807, 2.05) is 18.2 Å². The number of carbonyl (C=O) groups is 2. The van der Waals surface area contributed by atoms with Gasteiger partial charge in [-0.15, -0.1) is 0 Å². The van der Waals surface area contributed by atoms with Crippen LogP contribution in [0.5, 0.6) is 5.75 Å². The van der Waals surface area contributed by atoms with Gasteiger partial charge in [0.1, 0.15) is 5.75 Å². The fraction of sp³-hybridized carbons (Fsp3) is 0.286. The molecular formula is C28H30N2O3. The highest BCUT2D eigenvalue weighted by Crippen LogP contribution is 2.19.